The summed E-state index contributed by atoms with van der Waals surface area (Å²) in [5.41, 5.74) is 0.931. The zero-order chi connectivity index (χ0) is 18.2. The summed E-state index contributed by atoms with van der Waals surface area (Å²) in [6.45, 7) is 2.91. The lowest BCUT2D eigenvalue weighted by Gasteiger charge is -2.31. The number of amides is 1. The second-order valence-electron chi connectivity index (χ2n) is 6.13. The van der Waals surface area contributed by atoms with Gasteiger partial charge < -0.3 is 14.4 Å². The first-order chi connectivity index (χ1) is 12.1. The van der Waals surface area contributed by atoms with Crippen molar-refractivity contribution in [2.24, 2.45) is 11.8 Å². The first-order valence-electron chi connectivity index (χ1n) is 8.64. The number of carbonyl (C=O) groups excluding carboxylic acids is 3. The molecule has 2 rings (SSSR count). The molecule has 0 saturated carbocycles. The van der Waals surface area contributed by atoms with Gasteiger partial charge in [-0.15, -0.1) is 0 Å². The lowest BCUT2D eigenvalue weighted by atomic mass is 9.83. The highest BCUT2D eigenvalue weighted by Crippen LogP contribution is 2.24. The van der Waals surface area contributed by atoms with Gasteiger partial charge in [-0.05, 0) is 31.7 Å². The van der Waals surface area contributed by atoms with Crippen molar-refractivity contribution in [3.8, 4) is 0 Å². The molecule has 1 heterocycles. The SMILES string of the molecule is CCOC(=O)C(Cc1ccccc1)C(=O)C1CCN(C(=O)OC)CC1. The van der Waals surface area contributed by atoms with Crippen molar-refractivity contribution in [2.45, 2.75) is 26.2 Å². The Morgan fingerprint density at radius 3 is 2.36 bits per heavy atom. The summed E-state index contributed by atoms with van der Waals surface area (Å²) in [7, 11) is 1.34. The van der Waals surface area contributed by atoms with E-state index in [0.717, 1.165) is 5.56 Å². The molecule has 25 heavy (non-hydrogen) atoms. The standard InChI is InChI=1S/C19H25NO5/c1-3-25-18(22)16(13-14-7-5-4-6-8-14)17(21)15-9-11-20(12-10-15)19(23)24-2/h4-8,15-16H,3,9-13H2,1-2H3. The zero-order valence-corrected chi connectivity index (χ0v) is 14.8. The third-order valence-corrected chi connectivity index (χ3v) is 4.53. The van der Waals surface area contributed by atoms with Crippen molar-refractivity contribution in [2.75, 3.05) is 26.8 Å². The number of ketones is 1. The summed E-state index contributed by atoms with van der Waals surface area (Å²) < 4.78 is 9.83. The highest BCUT2D eigenvalue weighted by molar-refractivity contribution is 6.00. The van der Waals surface area contributed by atoms with Crippen molar-refractivity contribution in [3.63, 3.8) is 0 Å². The number of benzene rings is 1. The van der Waals surface area contributed by atoms with E-state index in [-0.39, 0.29) is 24.4 Å². The van der Waals surface area contributed by atoms with Gasteiger partial charge in [0.25, 0.3) is 0 Å². The van der Waals surface area contributed by atoms with Crippen LogP contribution in [0.25, 0.3) is 0 Å². The van der Waals surface area contributed by atoms with Crippen molar-refractivity contribution in [3.05, 3.63) is 35.9 Å². The normalized spacial score (nSPS) is 16.2. The Hall–Kier alpha value is -2.37. The molecule has 1 fully saturated rings. The molecule has 0 aliphatic carbocycles. The van der Waals surface area contributed by atoms with E-state index >= 15 is 0 Å². The van der Waals surface area contributed by atoms with Crippen molar-refractivity contribution in [1.82, 2.24) is 4.90 Å². The Kier molecular flexibility index (Phi) is 6.98. The maximum absolute atomic E-state index is 12.9. The second kappa shape index (κ2) is 9.20. The number of rotatable bonds is 6. The van der Waals surface area contributed by atoms with E-state index in [0.29, 0.717) is 32.4 Å². The maximum atomic E-state index is 12.9. The van der Waals surface area contributed by atoms with Crippen LogP contribution >= 0.6 is 0 Å². The molecule has 1 aliphatic heterocycles. The van der Waals surface area contributed by atoms with Crippen LogP contribution in [-0.2, 0) is 25.5 Å². The number of methoxy groups -OCH3 is 1. The fourth-order valence-electron chi connectivity index (χ4n) is 3.15. The summed E-state index contributed by atoms with van der Waals surface area (Å²) in [4.78, 5) is 38.4. The number of nitrogens with zero attached hydrogens (tertiary/aromatic N) is 1. The van der Waals surface area contributed by atoms with Gasteiger partial charge in [0.05, 0.1) is 13.7 Å². The molecular weight excluding hydrogens is 322 g/mol. The number of piperidine rings is 1. The monoisotopic (exact) mass is 347 g/mol. The van der Waals surface area contributed by atoms with Crippen molar-refractivity contribution in [1.29, 1.82) is 0 Å². The van der Waals surface area contributed by atoms with Crippen LogP contribution in [0.3, 0.4) is 0 Å². The highest BCUT2D eigenvalue weighted by atomic mass is 16.5. The predicted octanol–water partition coefficient (Wildman–Crippen LogP) is 2.46. The van der Waals surface area contributed by atoms with E-state index in [2.05, 4.69) is 0 Å². The quantitative estimate of drug-likeness (QED) is 0.584. The molecule has 1 unspecified atom stereocenters. The summed E-state index contributed by atoms with van der Waals surface area (Å²) in [5.74, 6) is -1.59. The van der Waals surface area contributed by atoms with E-state index in [1.165, 1.54) is 7.11 Å². The molecule has 0 aromatic heterocycles. The predicted molar refractivity (Wildman–Crippen MR) is 92.0 cm³/mol. The van der Waals surface area contributed by atoms with Gasteiger partial charge in [0.15, 0.2) is 5.78 Å². The van der Waals surface area contributed by atoms with Gasteiger partial charge in [-0.25, -0.2) is 4.79 Å². The smallest absolute Gasteiger partial charge is 0.409 e. The molecule has 1 amide bonds. The molecule has 1 aromatic carbocycles. The first kappa shape index (κ1) is 19.0. The van der Waals surface area contributed by atoms with Gasteiger partial charge in [-0.2, -0.15) is 0 Å². The molecule has 1 aliphatic rings. The Balaban J connectivity index is 2.05. The van der Waals surface area contributed by atoms with Gasteiger partial charge in [0, 0.05) is 19.0 Å². The summed E-state index contributed by atoms with van der Waals surface area (Å²) in [6, 6.07) is 9.47. The summed E-state index contributed by atoms with van der Waals surface area (Å²) in [6.07, 6.45) is 1.05. The third kappa shape index (κ3) is 5.05. The van der Waals surface area contributed by atoms with Crippen LogP contribution in [0.4, 0.5) is 4.79 Å². The Morgan fingerprint density at radius 2 is 1.80 bits per heavy atom. The molecule has 0 bridgehead atoms. The Labute approximate surface area is 148 Å². The van der Waals surface area contributed by atoms with Gasteiger partial charge in [0.1, 0.15) is 5.92 Å². The number of hydrogen-bond donors (Lipinski definition) is 0. The van der Waals surface area contributed by atoms with Crippen molar-refractivity contribution < 1.29 is 23.9 Å². The molecule has 1 atom stereocenters. The molecule has 0 N–H and O–H groups in total. The number of ether oxygens (including phenoxy) is 2. The number of likely N-dealkylation sites (tertiary alicyclic amines) is 1. The number of esters is 1. The van der Waals surface area contributed by atoms with E-state index in [9.17, 15) is 14.4 Å². The number of Topliss-reactive ketones (excluding diaryl/α,β-unsaturated/α-hetero) is 1. The molecule has 1 saturated heterocycles. The molecule has 0 spiro atoms. The van der Waals surface area contributed by atoms with E-state index in [4.69, 9.17) is 9.47 Å². The Morgan fingerprint density at radius 1 is 1.16 bits per heavy atom. The lowest BCUT2D eigenvalue weighted by Crippen LogP contribution is -2.43. The van der Waals surface area contributed by atoms with Crippen LogP contribution in [0.15, 0.2) is 30.3 Å². The average Bonchev–Trinajstić information content (AvgIpc) is 2.66. The van der Waals surface area contributed by atoms with Gasteiger partial charge in [-0.3, -0.25) is 9.59 Å². The molecular formula is C19H25NO5. The van der Waals surface area contributed by atoms with E-state index in [1.54, 1.807) is 11.8 Å². The molecule has 1 aromatic rings. The minimum atomic E-state index is -0.794. The Bertz CT molecular complexity index is 593. The topological polar surface area (TPSA) is 72.9 Å². The number of hydrogen-bond acceptors (Lipinski definition) is 5. The average molecular weight is 347 g/mol. The van der Waals surface area contributed by atoms with Crippen LogP contribution in [0.1, 0.15) is 25.3 Å². The summed E-state index contributed by atoms with van der Waals surface area (Å²) in [5, 5.41) is 0. The van der Waals surface area contributed by atoms with Crippen LogP contribution in [0, 0.1) is 11.8 Å². The minimum absolute atomic E-state index is 0.0909. The van der Waals surface area contributed by atoms with Gasteiger partial charge in [-0.1, -0.05) is 30.3 Å². The summed E-state index contributed by atoms with van der Waals surface area (Å²) >= 11 is 0. The second-order valence-corrected chi connectivity index (χ2v) is 6.13. The minimum Gasteiger partial charge on any atom is -0.465 e. The van der Waals surface area contributed by atoms with Gasteiger partial charge in [0.2, 0.25) is 0 Å². The van der Waals surface area contributed by atoms with E-state index in [1.807, 2.05) is 30.3 Å². The molecule has 6 heteroatoms. The fraction of sp³-hybridized carbons (Fsp3) is 0.526. The largest absolute Gasteiger partial charge is 0.465 e. The van der Waals surface area contributed by atoms with Crippen LogP contribution < -0.4 is 0 Å². The van der Waals surface area contributed by atoms with E-state index < -0.39 is 11.9 Å². The van der Waals surface area contributed by atoms with Gasteiger partial charge >= 0.3 is 12.1 Å². The maximum Gasteiger partial charge on any atom is 0.409 e. The van der Waals surface area contributed by atoms with Crippen LogP contribution in [-0.4, -0.2) is 49.6 Å². The number of carbonyl (C=O) groups is 3. The molecule has 6 nitrogen and oxygen atoms in total. The fourth-order valence-corrected chi connectivity index (χ4v) is 3.15. The lowest BCUT2D eigenvalue weighted by molar-refractivity contribution is -0.153. The molecule has 0 radical (unpaired) electrons. The zero-order valence-electron chi connectivity index (χ0n) is 14.8. The highest BCUT2D eigenvalue weighted by Gasteiger charge is 2.36. The first-order valence-corrected chi connectivity index (χ1v) is 8.64. The van der Waals surface area contributed by atoms with Crippen LogP contribution in [0.2, 0.25) is 0 Å². The third-order valence-electron chi connectivity index (χ3n) is 4.53. The van der Waals surface area contributed by atoms with Crippen molar-refractivity contribution >= 4 is 17.8 Å². The van der Waals surface area contributed by atoms with Crippen LogP contribution in [0.5, 0.6) is 0 Å². The molecule has 136 valence electrons.